The van der Waals surface area contributed by atoms with Crippen molar-refractivity contribution in [2.45, 2.75) is 44.6 Å². The van der Waals surface area contributed by atoms with Crippen LogP contribution in [0.15, 0.2) is 52.2 Å². The van der Waals surface area contributed by atoms with Crippen molar-refractivity contribution in [1.29, 1.82) is 0 Å². The molecule has 4 heterocycles. The number of aromatic nitrogens is 6. The third kappa shape index (κ3) is 7.19. The number of nitrogens with zero attached hydrogens (tertiary/aromatic N) is 7. The summed E-state index contributed by atoms with van der Waals surface area (Å²) in [5.41, 5.74) is -2.07. The topological polar surface area (TPSA) is 150 Å². The highest BCUT2D eigenvalue weighted by Gasteiger charge is 2.38. The standard InChI is InChI=1S/C28H29F3N8O5/c1-17(35-22-11-34-39(26(41)24(22)28(29,30)31)12-18-3-5-21(42-2)6-4-18)15-43-16-23-36-25(37-44-23)20-7-8-38(13-20)27-32-9-19(14-40)10-33-27/h3-6,9-11,14,17,20,35H,7-8,12-13,15-16H2,1-2H3. The van der Waals surface area contributed by atoms with Gasteiger partial charge in [0.1, 0.15) is 17.9 Å². The van der Waals surface area contributed by atoms with E-state index in [2.05, 4.69) is 30.5 Å². The first-order chi connectivity index (χ1) is 21.1. The molecule has 3 aromatic heterocycles. The summed E-state index contributed by atoms with van der Waals surface area (Å²) in [6, 6.07) is 5.96. The highest BCUT2D eigenvalue weighted by Crippen LogP contribution is 2.32. The van der Waals surface area contributed by atoms with E-state index in [0.717, 1.165) is 17.3 Å². The average molecular weight is 615 g/mol. The van der Waals surface area contributed by atoms with Gasteiger partial charge in [-0.3, -0.25) is 9.59 Å². The summed E-state index contributed by atoms with van der Waals surface area (Å²) in [7, 11) is 1.50. The summed E-state index contributed by atoms with van der Waals surface area (Å²) in [6.07, 6.45) is 0.416. The van der Waals surface area contributed by atoms with Crippen LogP contribution < -0.4 is 20.5 Å². The lowest BCUT2D eigenvalue weighted by atomic mass is 10.1. The number of rotatable bonds is 12. The van der Waals surface area contributed by atoms with Gasteiger partial charge < -0.3 is 24.2 Å². The number of alkyl halides is 3. The number of hydrogen-bond donors (Lipinski definition) is 1. The molecule has 4 aromatic rings. The molecule has 1 N–H and O–H groups in total. The van der Waals surface area contributed by atoms with Crippen LogP contribution in [0.25, 0.3) is 0 Å². The first-order valence-electron chi connectivity index (χ1n) is 13.6. The van der Waals surface area contributed by atoms with E-state index in [1.54, 1.807) is 31.2 Å². The number of benzene rings is 1. The van der Waals surface area contributed by atoms with E-state index in [0.29, 0.717) is 48.0 Å². The number of carbonyl (C=O) groups is 1. The Morgan fingerprint density at radius 1 is 1.18 bits per heavy atom. The molecule has 0 amide bonds. The molecule has 44 heavy (non-hydrogen) atoms. The van der Waals surface area contributed by atoms with Crippen LogP contribution in [0.2, 0.25) is 0 Å². The van der Waals surface area contributed by atoms with Crippen LogP contribution in [0.4, 0.5) is 24.8 Å². The maximum atomic E-state index is 14.0. The molecular weight excluding hydrogens is 585 g/mol. The Bertz CT molecular complexity index is 1630. The third-order valence-corrected chi connectivity index (χ3v) is 6.93. The van der Waals surface area contributed by atoms with E-state index in [9.17, 15) is 22.8 Å². The minimum atomic E-state index is -4.91. The van der Waals surface area contributed by atoms with E-state index in [1.807, 2.05) is 4.90 Å². The van der Waals surface area contributed by atoms with Crippen LogP contribution in [0.1, 0.15) is 52.5 Å². The minimum Gasteiger partial charge on any atom is -0.497 e. The van der Waals surface area contributed by atoms with E-state index in [1.165, 1.54) is 19.5 Å². The zero-order valence-electron chi connectivity index (χ0n) is 23.8. The predicted octanol–water partition coefficient (Wildman–Crippen LogP) is 3.32. The molecule has 1 saturated heterocycles. The molecule has 1 aliphatic rings. The van der Waals surface area contributed by atoms with Gasteiger partial charge in [0.15, 0.2) is 12.1 Å². The molecule has 1 aromatic carbocycles. The second-order valence-electron chi connectivity index (χ2n) is 10.2. The Morgan fingerprint density at radius 2 is 1.93 bits per heavy atom. The number of methoxy groups -OCH3 is 1. The maximum absolute atomic E-state index is 14.0. The Morgan fingerprint density at radius 3 is 2.61 bits per heavy atom. The highest BCUT2D eigenvalue weighted by atomic mass is 19.4. The summed E-state index contributed by atoms with van der Waals surface area (Å²) in [5.74, 6) is 1.78. The van der Waals surface area contributed by atoms with Crippen molar-refractivity contribution in [3.05, 3.63) is 81.6 Å². The Kier molecular flexibility index (Phi) is 9.18. The molecule has 0 bridgehead atoms. The van der Waals surface area contributed by atoms with Crippen molar-refractivity contribution < 1.29 is 32.0 Å². The molecular formula is C28H29F3N8O5. The molecule has 232 valence electrons. The number of hydrogen-bond acceptors (Lipinski definition) is 12. The number of nitrogens with one attached hydrogen (secondary N) is 1. The van der Waals surface area contributed by atoms with Gasteiger partial charge in [-0.25, -0.2) is 14.6 Å². The van der Waals surface area contributed by atoms with Crippen LogP contribution in [-0.4, -0.2) is 69.0 Å². The van der Waals surface area contributed by atoms with Gasteiger partial charge in [0, 0.05) is 37.4 Å². The van der Waals surface area contributed by atoms with Crippen molar-refractivity contribution in [2.75, 3.05) is 37.0 Å². The summed E-state index contributed by atoms with van der Waals surface area (Å²) in [6.45, 7) is 2.64. The smallest absolute Gasteiger partial charge is 0.423 e. The Balaban J connectivity index is 1.15. The van der Waals surface area contributed by atoms with Crippen molar-refractivity contribution in [2.24, 2.45) is 0 Å². The van der Waals surface area contributed by atoms with Crippen molar-refractivity contribution in [3.8, 4) is 5.75 Å². The van der Waals surface area contributed by atoms with Crippen LogP contribution in [-0.2, 0) is 24.1 Å². The lowest BCUT2D eigenvalue weighted by Crippen LogP contribution is -2.34. The molecule has 5 rings (SSSR count). The van der Waals surface area contributed by atoms with Crippen LogP contribution in [0.5, 0.6) is 5.75 Å². The summed E-state index contributed by atoms with van der Waals surface area (Å²) in [5, 5.41) is 10.7. The minimum absolute atomic E-state index is 0.0186. The first-order valence-corrected chi connectivity index (χ1v) is 13.6. The Hall–Kier alpha value is -4.86. The van der Waals surface area contributed by atoms with Gasteiger partial charge in [-0.1, -0.05) is 17.3 Å². The lowest BCUT2D eigenvalue weighted by Gasteiger charge is -2.19. The van der Waals surface area contributed by atoms with Gasteiger partial charge >= 0.3 is 6.18 Å². The number of halogens is 3. The van der Waals surface area contributed by atoms with Crippen molar-refractivity contribution >= 4 is 17.9 Å². The summed E-state index contributed by atoms with van der Waals surface area (Å²) in [4.78, 5) is 38.4. The molecule has 0 aliphatic carbocycles. The van der Waals surface area contributed by atoms with Gasteiger partial charge in [0.2, 0.25) is 5.95 Å². The average Bonchev–Trinajstić information content (AvgIpc) is 3.69. The normalized spacial score (nSPS) is 15.8. The molecule has 1 fully saturated rings. The summed E-state index contributed by atoms with van der Waals surface area (Å²) < 4.78 is 58.6. The van der Waals surface area contributed by atoms with E-state index in [-0.39, 0.29) is 31.6 Å². The first kappa shape index (κ1) is 30.6. The zero-order chi connectivity index (χ0) is 31.3. The van der Waals surface area contributed by atoms with Crippen molar-refractivity contribution in [1.82, 2.24) is 29.9 Å². The molecule has 0 radical (unpaired) electrons. The molecule has 16 heteroatoms. The fraction of sp³-hybridized carbons (Fsp3) is 0.393. The third-order valence-electron chi connectivity index (χ3n) is 6.93. The largest absolute Gasteiger partial charge is 0.497 e. The van der Waals surface area contributed by atoms with E-state index in [4.69, 9.17) is 14.0 Å². The number of carbonyl (C=O) groups excluding carboxylic acids is 1. The fourth-order valence-corrected chi connectivity index (χ4v) is 4.72. The monoisotopic (exact) mass is 614 g/mol. The van der Waals surface area contributed by atoms with Gasteiger partial charge in [-0.15, -0.1) is 0 Å². The number of anilines is 2. The summed E-state index contributed by atoms with van der Waals surface area (Å²) >= 11 is 0. The molecule has 0 spiro atoms. The second-order valence-corrected chi connectivity index (χ2v) is 10.2. The second kappa shape index (κ2) is 13.2. The lowest BCUT2D eigenvalue weighted by molar-refractivity contribution is -0.138. The molecule has 2 atom stereocenters. The Labute approximate surface area is 249 Å². The van der Waals surface area contributed by atoms with Gasteiger partial charge in [-0.05, 0) is 31.0 Å². The maximum Gasteiger partial charge on any atom is 0.423 e. The number of aldehydes is 1. The molecule has 13 nitrogen and oxygen atoms in total. The highest BCUT2D eigenvalue weighted by molar-refractivity contribution is 5.73. The fourth-order valence-electron chi connectivity index (χ4n) is 4.72. The van der Waals surface area contributed by atoms with Crippen molar-refractivity contribution in [3.63, 3.8) is 0 Å². The van der Waals surface area contributed by atoms with E-state index >= 15 is 0 Å². The zero-order valence-corrected chi connectivity index (χ0v) is 23.8. The van der Waals surface area contributed by atoms with E-state index < -0.39 is 29.0 Å². The quantitative estimate of drug-likeness (QED) is 0.233. The van der Waals surface area contributed by atoms with Gasteiger partial charge in [0.25, 0.3) is 11.4 Å². The molecule has 2 unspecified atom stereocenters. The molecule has 1 aliphatic heterocycles. The SMILES string of the molecule is COc1ccc(Cn2ncc(NC(C)COCc3nc(C4CCN(c5ncc(C=O)cn5)C4)no3)c(C(F)(F)F)c2=O)cc1. The number of ether oxygens (including phenoxy) is 2. The van der Waals surface area contributed by atoms with Gasteiger partial charge in [-0.2, -0.15) is 23.3 Å². The van der Waals surface area contributed by atoms with Crippen LogP contribution in [0.3, 0.4) is 0 Å². The van der Waals surface area contributed by atoms with Gasteiger partial charge in [0.05, 0.1) is 37.7 Å². The van der Waals surface area contributed by atoms with Crippen LogP contribution in [0, 0.1) is 0 Å². The predicted molar refractivity (Wildman–Crippen MR) is 150 cm³/mol. The van der Waals surface area contributed by atoms with Crippen LogP contribution >= 0.6 is 0 Å². The molecule has 0 saturated carbocycles.